The number of hydrogen-bond donors (Lipinski definition) is 0. The Kier molecular flexibility index (Phi) is 3.17. The van der Waals surface area contributed by atoms with Crippen LogP contribution in [0.1, 0.15) is 30.0 Å². The Bertz CT molecular complexity index is 466. The third kappa shape index (κ3) is 2.63. The highest BCUT2D eigenvalue weighted by Gasteiger charge is 2.25. The Labute approximate surface area is 106 Å². The van der Waals surface area contributed by atoms with Crippen LogP contribution in [-0.2, 0) is 10.8 Å². The fourth-order valence-corrected chi connectivity index (χ4v) is 3.24. The lowest BCUT2D eigenvalue weighted by Crippen LogP contribution is -2.26. The summed E-state index contributed by atoms with van der Waals surface area (Å²) in [6, 6.07) is 6.58. The van der Waals surface area contributed by atoms with Crippen molar-refractivity contribution in [1.29, 1.82) is 0 Å². The minimum atomic E-state index is -1.54. The molecule has 0 saturated carbocycles. The Balaban J connectivity index is 2.51. The van der Waals surface area contributed by atoms with E-state index in [1.54, 1.807) is 0 Å². The normalized spacial score (nSPS) is 15.8. The van der Waals surface area contributed by atoms with Gasteiger partial charge in [-0.1, -0.05) is 18.2 Å². The van der Waals surface area contributed by atoms with Crippen molar-refractivity contribution in [3.05, 3.63) is 40.5 Å². The topological polar surface area (TPSA) is 9.23 Å². The molecule has 1 nitrogen and oxygen atoms in total. The van der Waals surface area contributed by atoms with E-state index >= 15 is 0 Å². The maximum Gasteiger partial charge on any atom is 0.242 e. The summed E-state index contributed by atoms with van der Waals surface area (Å²) in [5, 5.41) is 0. The van der Waals surface area contributed by atoms with Crippen LogP contribution in [0.15, 0.2) is 23.8 Å². The van der Waals surface area contributed by atoms with Crippen LogP contribution in [0.2, 0.25) is 19.6 Å². The van der Waals surface area contributed by atoms with Crippen LogP contribution >= 0.6 is 0 Å². The van der Waals surface area contributed by atoms with Gasteiger partial charge in [0.2, 0.25) is 8.32 Å². The second-order valence-electron chi connectivity index (χ2n) is 5.93. The van der Waals surface area contributed by atoms with Crippen LogP contribution < -0.4 is 0 Å². The van der Waals surface area contributed by atoms with Gasteiger partial charge in [0.15, 0.2) is 0 Å². The van der Waals surface area contributed by atoms with Crippen LogP contribution in [0.4, 0.5) is 0 Å². The molecule has 0 radical (unpaired) electrons. The molecule has 0 spiro atoms. The SMILES string of the molecule is CC1=C(O[Si](C)(C)C)c2c(C)cccc2CC1. The molecule has 0 N–H and O–H groups in total. The first-order valence-corrected chi connectivity index (χ1v) is 9.77. The van der Waals surface area contributed by atoms with Gasteiger partial charge >= 0.3 is 0 Å². The van der Waals surface area contributed by atoms with E-state index in [9.17, 15) is 0 Å². The molecule has 0 fully saturated rings. The van der Waals surface area contributed by atoms with Gasteiger partial charge in [0, 0.05) is 5.56 Å². The monoisotopic (exact) mass is 246 g/mol. The number of rotatable bonds is 2. The highest BCUT2D eigenvalue weighted by Crippen LogP contribution is 2.35. The summed E-state index contributed by atoms with van der Waals surface area (Å²) in [6.45, 7) is 11.1. The molecular formula is C15H22OSi. The average molecular weight is 246 g/mol. The molecule has 17 heavy (non-hydrogen) atoms. The molecule has 0 aliphatic heterocycles. The molecule has 0 amide bonds. The fraction of sp³-hybridized carbons (Fsp3) is 0.467. The van der Waals surface area contributed by atoms with Crippen LogP contribution in [0.25, 0.3) is 5.76 Å². The first-order valence-electron chi connectivity index (χ1n) is 6.36. The molecule has 2 heteroatoms. The van der Waals surface area contributed by atoms with Gasteiger partial charge < -0.3 is 4.43 Å². The van der Waals surface area contributed by atoms with Crippen LogP contribution in [0, 0.1) is 6.92 Å². The van der Waals surface area contributed by atoms with E-state index in [4.69, 9.17) is 4.43 Å². The van der Waals surface area contributed by atoms with Crippen LogP contribution in [-0.4, -0.2) is 8.32 Å². The number of fused-ring (bicyclic) bond motifs is 1. The Morgan fingerprint density at radius 2 is 1.76 bits per heavy atom. The second-order valence-corrected chi connectivity index (χ2v) is 10.4. The Hall–Kier alpha value is -1.02. The van der Waals surface area contributed by atoms with E-state index < -0.39 is 8.32 Å². The number of benzene rings is 1. The molecule has 0 bridgehead atoms. The quantitative estimate of drug-likeness (QED) is 0.697. The molecule has 1 aliphatic carbocycles. The molecule has 2 rings (SSSR count). The summed E-state index contributed by atoms with van der Waals surface area (Å²) in [5.41, 5.74) is 5.56. The molecule has 1 aromatic rings. The van der Waals surface area contributed by atoms with Gasteiger partial charge in [0.05, 0.1) is 0 Å². The molecule has 92 valence electrons. The zero-order chi connectivity index (χ0) is 12.6. The van der Waals surface area contributed by atoms with E-state index in [0.717, 1.165) is 12.8 Å². The fourth-order valence-electron chi connectivity index (χ4n) is 2.36. The largest absolute Gasteiger partial charge is 0.544 e. The Morgan fingerprint density at radius 1 is 1.06 bits per heavy atom. The van der Waals surface area contributed by atoms with Gasteiger partial charge in [-0.3, -0.25) is 0 Å². The third-order valence-electron chi connectivity index (χ3n) is 3.15. The molecule has 0 saturated heterocycles. The Morgan fingerprint density at radius 3 is 2.41 bits per heavy atom. The van der Waals surface area contributed by atoms with Gasteiger partial charge in [0.1, 0.15) is 5.76 Å². The highest BCUT2D eigenvalue weighted by atomic mass is 28.4. The minimum Gasteiger partial charge on any atom is -0.544 e. The maximum absolute atomic E-state index is 6.32. The van der Waals surface area contributed by atoms with Gasteiger partial charge in [-0.15, -0.1) is 0 Å². The van der Waals surface area contributed by atoms with E-state index in [0.29, 0.717) is 0 Å². The summed E-state index contributed by atoms with van der Waals surface area (Å²) >= 11 is 0. The molecule has 0 aromatic heterocycles. The van der Waals surface area contributed by atoms with E-state index in [1.807, 2.05) is 0 Å². The lowest BCUT2D eigenvalue weighted by molar-refractivity contribution is 0.502. The van der Waals surface area contributed by atoms with Gasteiger partial charge in [0.25, 0.3) is 0 Å². The first-order chi connectivity index (χ1) is 7.88. The summed E-state index contributed by atoms with van der Waals surface area (Å²) in [6.07, 6.45) is 2.29. The molecule has 1 aliphatic rings. The maximum atomic E-state index is 6.32. The number of aryl methyl sites for hydroxylation is 2. The predicted octanol–water partition coefficient (Wildman–Crippen LogP) is 4.52. The van der Waals surface area contributed by atoms with Gasteiger partial charge in [-0.05, 0) is 63.0 Å². The molecule has 0 unspecified atom stereocenters. The summed E-state index contributed by atoms with van der Waals surface area (Å²) < 4.78 is 6.32. The predicted molar refractivity (Wildman–Crippen MR) is 76.5 cm³/mol. The summed E-state index contributed by atoms with van der Waals surface area (Å²) in [4.78, 5) is 0. The van der Waals surface area contributed by atoms with Crippen molar-refractivity contribution >= 4 is 14.1 Å². The van der Waals surface area contributed by atoms with E-state index in [2.05, 4.69) is 51.7 Å². The smallest absolute Gasteiger partial charge is 0.242 e. The van der Waals surface area contributed by atoms with E-state index in [1.165, 1.54) is 28.0 Å². The second kappa shape index (κ2) is 4.34. The lowest BCUT2D eigenvalue weighted by Gasteiger charge is -2.29. The van der Waals surface area contributed by atoms with Crippen LogP contribution in [0.3, 0.4) is 0 Å². The number of allylic oxidation sites excluding steroid dienone is 1. The van der Waals surface area contributed by atoms with Crippen molar-refractivity contribution in [3.63, 3.8) is 0 Å². The first kappa shape index (κ1) is 12.4. The zero-order valence-corrected chi connectivity index (χ0v) is 12.6. The standard InChI is InChI=1S/C15H22OSi/c1-11-7-6-8-13-10-9-12(2)15(14(11)13)16-17(3,4)5/h6-8H,9-10H2,1-5H3. The zero-order valence-electron chi connectivity index (χ0n) is 11.6. The summed E-state index contributed by atoms with van der Waals surface area (Å²) in [5.74, 6) is 1.17. The minimum absolute atomic E-state index is 1.14. The average Bonchev–Trinajstić information content (AvgIpc) is 2.21. The third-order valence-corrected chi connectivity index (χ3v) is 3.97. The van der Waals surface area contributed by atoms with Crippen molar-refractivity contribution in [1.82, 2.24) is 0 Å². The molecular weight excluding hydrogens is 224 g/mol. The van der Waals surface area contributed by atoms with Crippen molar-refractivity contribution in [2.45, 2.75) is 46.3 Å². The molecule has 0 atom stereocenters. The van der Waals surface area contributed by atoms with Crippen molar-refractivity contribution in [2.24, 2.45) is 0 Å². The summed E-state index contributed by atoms with van der Waals surface area (Å²) in [7, 11) is -1.54. The van der Waals surface area contributed by atoms with Crippen molar-refractivity contribution in [3.8, 4) is 0 Å². The molecule has 1 aromatic carbocycles. The van der Waals surface area contributed by atoms with E-state index in [-0.39, 0.29) is 0 Å². The van der Waals surface area contributed by atoms with Gasteiger partial charge in [-0.2, -0.15) is 0 Å². The van der Waals surface area contributed by atoms with Crippen molar-refractivity contribution < 1.29 is 4.43 Å². The molecule has 0 heterocycles. The van der Waals surface area contributed by atoms with Crippen molar-refractivity contribution in [2.75, 3.05) is 0 Å². The van der Waals surface area contributed by atoms with Crippen LogP contribution in [0.5, 0.6) is 0 Å². The lowest BCUT2D eigenvalue weighted by atomic mass is 9.88. The highest BCUT2D eigenvalue weighted by molar-refractivity contribution is 6.70. The number of hydrogen-bond acceptors (Lipinski definition) is 1. The van der Waals surface area contributed by atoms with Gasteiger partial charge in [-0.25, -0.2) is 0 Å².